The summed E-state index contributed by atoms with van der Waals surface area (Å²) in [4.78, 5) is 0. The maximum Gasteiger partial charge on any atom is -0.00775 e. The quantitative estimate of drug-likeness (QED) is 0.516. The van der Waals surface area contributed by atoms with E-state index in [0.29, 0.717) is 5.41 Å². The molecule has 1 heteroatoms. The van der Waals surface area contributed by atoms with Gasteiger partial charge in [-0.1, -0.05) is 86.5 Å². The van der Waals surface area contributed by atoms with Crippen LogP contribution in [0.5, 0.6) is 0 Å². The average Bonchev–Trinajstić information content (AvgIpc) is 2.28. The van der Waals surface area contributed by atoms with Crippen molar-refractivity contribution in [2.45, 2.75) is 92.9 Å². The van der Waals surface area contributed by atoms with Crippen molar-refractivity contribution in [2.24, 2.45) is 5.41 Å². The molecule has 112 valence electrons. The molecule has 0 spiro atoms. The standard InChI is InChI=1S/C13H28.C4H11N/c1-5-6-7-8-9-10-11-12-13(2,3)4;1-3-5-4-2/h5-12H2,1-4H3;5H,3-4H2,1-2H3. The first-order chi connectivity index (χ1) is 8.47. The third-order valence-electron chi connectivity index (χ3n) is 3.03. The normalized spacial score (nSPS) is 11.0. The van der Waals surface area contributed by atoms with Crippen LogP contribution in [0.15, 0.2) is 0 Å². The molecule has 0 aliphatic carbocycles. The minimum absolute atomic E-state index is 0.545. The highest BCUT2D eigenvalue weighted by Gasteiger charge is 2.08. The second-order valence-electron chi connectivity index (χ2n) is 6.39. The highest BCUT2D eigenvalue weighted by molar-refractivity contribution is 4.60. The predicted octanol–water partition coefficient (Wildman–Crippen LogP) is 5.79. The summed E-state index contributed by atoms with van der Waals surface area (Å²) in [5.74, 6) is 0. The zero-order valence-corrected chi connectivity index (χ0v) is 14.1. The van der Waals surface area contributed by atoms with Gasteiger partial charge in [-0.25, -0.2) is 0 Å². The number of unbranched alkanes of at least 4 members (excludes halogenated alkanes) is 6. The van der Waals surface area contributed by atoms with E-state index in [0.717, 1.165) is 13.1 Å². The Morgan fingerprint density at radius 1 is 0.667 bits per heavy atom. The summed E-state index contributed by atoms with van der Waals surface area (Å²) < 4.78 is 0. The average molecular weight is 258 g/mol. The molecule has 0 bridgehead atoms. The van der Waals surface area contributed by atoms with Crippen LogP contribution in [0.1, 0.15) is 92.9 Å². The Hall–Kier alpha value is -0.0400. The molecule has 0 amide bonds. The van der Waals surface area contributed by atoms with Gasteiger partial charge < -0.3 is 5.32 Å². The lowest BCUT2D eigenvalue weighted by Crippen LogP contribution is -2.09. The van der Waals surface area contributed by atoms with Gasteiger partial charge in [0, 0.05) is 0 Å². The van der Waals surface area contributed by atoms with E-state index in [1.54, 1.807) is 0 Å². The Morgan fingerprint density at radius 2 is 1.11 bits per heavy atom. The van der Waals surface area contributed by atoms with Gasteiger partial charge in [-0.2, -0.15) is 0 Å². The molecule has 1 N–H and O–H groups in total. The molecule has 0 aromatic heterocycles. The fourth-order valence-electron chi connectivity index (χ4n) is 1.86. The number of rotatable bonds is 9. The SMILES string of the molecule is CCCCCCCCCC(C)(C)C.CCNCC. The summed E-state index contributed by atoms with van der Waals surface area (Å²) in [6.07, 6.45) is 11.4. The molecule has 0 atom stereocenters. The Kier molecular flexibility index (Phi) is 16.9. The van der Waals surface area contributed by atoms with Gasteiger partial charge >= 0.3 is 0 Å². The topological polar surface area (TPSA) is 12.0 Å². The predicted molar refractivity (Wildman–Crippen MR) is 86.3 cm³/mol. The molecule has 0 radical (unpaired) electrons. The van der Waals surface area contributed by atoms with E-state index >= 15 is 0 Å². The van der Waals surface area contributed by atoms with Gasteiger partial charge in [0.1, 0.15) is 0 Å². The molecular formula is C17H39N. The van der Waals surface area contributed by atoms with Crippen molar-refractivity contribution in [3.8, 4) is 0 Å². The molecule has 0 aliphatic rings. The molecule has 0 aromatic rings. The molecule has 0 unspecified atom stereocenters. The van der Waals surface area contributed by atoms with Crippen LogP contribution in [-0.4, -0.2) is 13.1 Å². The van der Waals surface area contributed by atoms with E-state index in [1.807, 2.05) is 0 Å². The van der Waals surface area contributed by atoms with Crippen molar-refractivity contribution in [3.05, 3.63) is 0 Å². The zero-order valence-electron chi connectivity index (χ0n) is 14.1. The number of nitrogens with one attached hydrogen (secondary N) is 1. The number of hydrogen-bond acceptors (Lipinski definition) is 1. The summed E-state index contributed by atoms with van der Waals surface area (Å²) in [6.45, 7) is 15.7. The van der Waals surface area contributed by atoms with Gasteiger partial charge in [-0.15, -0.1) is 0 Å². The van der Waals surface area contributed by atoms with Crippen LogP contribution in [-0.2, 0) is 0 Å². The Labute approximate surface area is 117 Å². The maximum absolute atomic E-state index is 3.11. The van der Waals surface area contributed by atoms with E-state index in [2.05, 4.69) is 46.9 Å². The van der Waals surface area contributed by atoms with Crippen molar-refractivity contribution < 1.29 is 0 Å². The second-order valence-corrected chi connectivity index (χ2v) is 6.39. The van der Waals surface area contributed by atoms with E-state index < -0.39 is 0 Å². The van der Waals surface area contributed by atoms with Crippen LogP contribution >= 0.6 is 0 Å². The third kappa shape index (κ3) is 25.0. The summed E-state index contributed by atoms with van der Waals surface area (Å²) in [5, 5.41) is 3.11. The van der Waals surface area contributed by atoms with Crippen molar-refractivity contribution in [1.29, 1.82) is 0 Å². The first-order valence-electron chi connectivity index (χ1n) is 8.18. The summed E-state index contributed by atoms with van der Waals surface area (Å²) >= 11 is 0. The van der Waals surface area contributed by atoms with Gasteiger partial charge in [0.15, 0.2) is 0 Å². The van der Waals surface area contributed by atoms with Gasteiger partial charge in [0.05, 0.1) is 0 Å². The lowest BCUT2D eigenvalue weighted by molar-refractivity contribution is 0.356. The first-order valence-corrected chi connectivity index (χ1v) is 8.18. The lowest BCUT2D eigenvalue weighted by Gasteiger charge is -2.17. The molecule has 0 saturated carbocycles. The van der Waals surface area contributed by atoms with Crippen LogP contribution in [0.25, 0.3) is 0 Å². The van der Waals surface area contributed by atoms with Crippen LogP contribution in [0.2, 0.25) is 0 Å². The first kappa shape index (κ1) is 20.3. The molecule has 18 heavy (non-hydrogen) atoms. The molecule has 0 heterocycles. The van der Waals surface area contributed by atoms with Crippen LogP contribution < -0.4 is 5.32 Å². The highest BCUT2D eigenvalue weighted by atomic mass is 14.8. The maximum atomic E-state index is 3.11. The van der Waals surface area contributed by atoms with Crippen LogP contribution in [0, 0.1) is 5.41 Å². The van der Waals surface area contributed by atoms with E-state index in [-0.39, 0.29) is 0 Å². The molecule has 0 aromatic carbocycles. The second kappa shape index (κ2) is 15.0. The molecule has 0 fully saturated rings. The van der Waals surface area contributed by atoms with Crippen molar-refractivity contribution in [3.63, 3.8) is 0 Å². The van der Waals surface area contributed by atoms with Gasteiger partial charge in [-0.3, -0.25) is 0 Å². The molecule has 0 aliphatic heterocycles. The smallest absolute Gasteiger partial charge is 0.00775 e. The fraction of sp³-hybridized carbons (Fsp3) is 1.00. The molecule has 0 saturated heterocycles. The van der Waals surface area contributed by atoms with Crippen molar-refractivity contribution >= 4 is 0 Å². The molecule has 1 nitrogen and oxygen atoms in total. The van der Waals surface area contributed by atoms with Gasteiger partial charge in [0.25, 0.3) is 0 Å². The lowest BCUT2D eigenvalue weighted by atomic mass is 9.89. The Bertz CT molecular complexity index is 133. The minimum Gasteiger partial charge on any atom is -0.317 e. The fourth-order valence-corrected chi connectivity index (χ4v) is 1.86. The van der Waals surface area contributed by atoms with Crippen LogP contribution in [0.4, 0.5) is 0 Å². The van der Waals surface area contributed by atoms with E-state index in [1.165, 1.54) is 51.4 Å². The van der Waals surface area contributed by atoms with Crippen molar-refractivity contribution in [2.75, 3.05) is 13.1 Å². The van der Waals surface area contributed by atoms with Gasteiger partial charge in [-0.05, 0) is 24.9 Å². The summed E-state index contributed by atoms with van der Waals surface area (Å²) in [6, 6.07) is 0. The molecule has 0 rings (SSSR count). The summed E-state index contributed by atoms with van der Waals surface area (Å²) in [5.41, 5.74) is 0.545. The monoisotopic (exact) mass is 257 g/mol. The van der Waals surface area contributed by atoms with E-state index in [4.69, 9.17) is 0 Å². The Morgan fingerprint density at radius 3 is 1.44 bits per heavy atom. The minimum atomic E-state index is 0.545. The Balaban J connectivity index is 0. The van der Waals surface area contributed by atoms with Gasteiger partial charge in [0.2, 0.25) is 0 Å². The van der Waals surface area contributed by atoms with Crippen LogP contribution in [0.3, 0.4) is 0 Å². The summed E-state index contributed by atoms with van der Waals surface area (Å²) in [7, 11) is 0. The van der Waals surface area contributed by atoms with E-state index in [9.17, 15) is 0 Å². The zero-order chi connectivity index (χ0) is 14.3. The largest absolute Gasteiger partial charge is 0.317 e. The van der Waals surface area contributed by atoms with Crippen molar-refractivity contribution in [1.82, 2.24) is 5.32 Å². The third-order valence-corrected chi connectivity index (χ3v) is 3.03. The number of hydrogen-bond donors (Lipinski definition) is 1. The molecular weight excluding hydrogens is 218 g/mol. The highest BCUT2D eigenvalue weighted by Crippen LogP contribution is 2.22.